The smallest absolute Gasteiger partial charge is 0.225 e. The second-order valence-electron chi connectivity index (χ2n) is 7.59. The molecule has 2 saturated carbocycles. The summed E-state index contributed by atoms with van der Waals surface area (Å²) in [5, 5.41) is 0. The van der Waals surface area contributed by atoms with E-state index in [1.807, 2.05) is 0 Å². The van der Waals surface area contributed by atoms with Crippen LogP contribution in [0.4, 0.5) is 0 Å². The second-order valence-corrected chi connectivity index (χ2v) is 7.59. The molecule has 0 radical (unpaired) electrons. The van der Waals surface area contributed by atoms with Crippen molar-refractivity contribution in [3.63, 3.8) is 0 Å². The first-order valence-electron chi connectivity index (χ1n) is 9.30. The summed E-state index contributed by atoms with van der Waals surface area (Å²) in [6, 6.07) is 0.579. The lowest BCUT2D eigenvalue weighted by molar-refractivity contribution is -0.143. The van der Waals surface area contributed by atoms with Crippen molar-refractivity contribution in [2.24, 2.45) is 23.5 Å². The number of nitrogens with zero attached hydrogens (tertiary/aromatic N) is 1. The van der Waals surface area contributed by atoms with Gasteiger partial charge in [-0.05, 0) is 63.3 Å². The van der Waals surface area contributed by atoms with Crippen molar-refractivity contribution in [2.45, 2.75) is 76.7 Å². The molecule has 2 aliphatic carbocycles. The third-order valence-corrected chi connectivity index (χ3v) is 6.23. The molecular formula is C18H32N2O. The zero-order chi connectivity index (χ0) is 14.7. The molecule has 21 heavy (non-hydrogen) atoms. The lowest BCUT2D eigenvalue weighted by atomic mass is 9.76. The summed E-state index contributed by atoms with van der Waals surface area (Å²) in [6.07, 6.45) is 13.7. The summed E-state index contributed by atoms with van der Waals surface area (Å²) in [6.45, 7) is 1.80. The molecule has 3 rings (SSSR count). The number of amides is 1. The number of fused-ring (bicyclic) bond motifs is 1. The van der Waals surface area contributed by atoms with E-state index in [4.69, 9.17) is 5.73 Å². The maximum atomic E-state index is 13.1. The molecule has 1 amide bonds. The fourth-order valence-corrected chi connectivity index (χ4v) is 5.15. The summed E-state index contributed by atoms with van der Waals surface area (Å²) < 4.78 is 0. The SMILES string of the molecule is NCCC1CCCC(C(=O)N2CCC[C@H]3CCCC[C@H]32)C1. The van der Waals surface area contributed by atoms with Crippen molar-refractivity contribution in [1.82, 2.24) is 4.90 Å². The number of piperidine rings is 1. The van der Waals surface area contributed by atoms with E-state index >= 15 is 0 Å². The fourth-order valence-electron chi connectivity index (χ4n) is 5.15. The molecule has 3 fully saturated rings. The van der Waals surface area contributed by atoms with Crippen LogP contribution in [-0.4, -0.2) is 29.9 Å². The molecule has 0 bridgehead atoms. The lowest BCUT2D eigenvalue weighted by Crippen LogP contribution is -2.52. The molecule has 3 heteroatoms. The molecular weight excluding hydrogens is 260 g/mol. The third kappa shape index (κ3) is 3.44. The first kappa shape index (κ1) is 15.3. The molecule has 3 nitrogen and oxygen atoms in total. The monoisotopic (exact) mass is 292 g/mol. The lowest BCUT2D eigenvalue weighted by Gasteiger charge is -2.46. The van der Waals surface area contributed by atoms with Gasteiger partial charge in [-0.3, -0.25) is 4.79 Å². The molecule has 0 aromatic carbocycles. The van der Waals surface area contributed by atoms with Gasteiger partial charge in [0, 0.05) is 18.5 Å². The minimum atomic E-state index is 0.302. The number of carbonyl (C=O) groups is 1. The molecule has 120 valence electrons. The van der Waals surface area contributed by atoms with E-state index in [0.717, 1.165) is 38.3 Å². The summed E-state index contributed by atoms with van der Waals surface area (Å²) >= 11 is 0. The number of hydrogen-bond donors (Lipinski definition) is 1. The topological polar surface area (TPSA) is 46.3 Å². The van der Waals surface area contributed by atoms with Gasteiger partial charge in [-0.25, -0.2) is 0 Å². The Morgan fingerprint density at radius 2 is 1.81 bits per heavy atom. The van der Waals surface area contributed by atoms with E-state index in [9.17, 15) is 4.79 Å². The van der Waals surface area contributed by atoms with Crippen molar-refractivity contribution in [3.05, 3.63) is 0 Å². The normalized spacial score (nSPS) is 37.1. The highest BCUT2D eigenvalue weighted by Crippen LogP contribution is 2.38. The predicted molar refractivity (Wildman–Crippen MR) is 85.8 cm³/mol. The predicted octanol–water partition coefficient (Wildman–Crippen LogP) is 3.32. The van der Waals surface area contributed by atoms with Crippen LogP contribution in [0.25, 0.3) is 0 Å². The van der Waals surface area contributed by atoms with Crippen LogP contribution in [0.15, 0.2) is 0 Å². The number of carbonyl (C=O) groups excluding carboxylic acids is 1. The number of hydrogen-bond acceptors (Lipinski definition) is 2. The van der Waals surface area contributed by atoms with Crippen LogP contribution in [0.2, 0.25) is 0 Å². The largest absolute Gasteiger partial charge is 0.339 e. The number of nitrogens with two attached hydrogens (primary N) is 1. The maximum absolute atomic E-state index is 13.1. The van der Waals surface area contributed by atoms with E-state index in [2.05, 4.69) is 4.90 Å². The fraction of sp³-hybridized carbons (Fsp3) is 0.944. The molecule has 2 unspecified atom stereocenters. The van der Waals surface area contributed by atoms with Crippen LogP contribution in [0.5, 0.6) is 0 Å². The van der Waals surface area contributed by atoms with Gasteiger partial charge in [0.05, 0.1) is 0 Å². The Hall–Kier alpha value is -0.570. The first-order valence-corrected chi connectivity index (χ1v) is 9.30. The van der Waals surface area contributed by atoms with Gasteiger partial charge in [0.1, 0.15) is 0 Å². The molecule has 1 heterocycles. The van der Waals surface area contributed by atoms with E-state index in [-0.39, 0.29) is 0 Å². The first-order chi connectivity index (χ1) is 10.3. The zero-order valence-electron chi connectivity index (χ0n) is 13.4. The molecule has 3 aliphatic rings. The molecule has 2 N–H and O–H groups in total. The van der Waals surface area contributed by atoms with Crippen molar-refractivity contribution in [2.75, 3.05) is 13.1 Å². The Morgan fingerprint density at radius 3 is 2.67 bits per heavy atom. The van der Waals surface area contributed by atoms with E-state index in [0.29, 0.717) is 23.8 Å². The van der Waals surface area contributed by atoms with Gasteiger partial charge in [0.25, 0.3) is 0 Å². The van der Waals surface area contributed by atoms with Crippen LogP contribution >= 0.6 is 0 Å². The molecule has 1 aliphatic heterocycles. The van der Waals surface area contributed by atoms with Crippen LogP contribution in [0.1, 0.15) is 70.6 Å². The van der Waals surface area contributed by atoms with Crippen LogP contribution < -0.4 is 5.73 Å². The Kier molecular flexibility index (Phi) is 5.20. The summed E-state index contributed by atoms with van der Waals surface area (Å²) in [5.41, 5.74) is 5.72. The van der Waals surface area contributed by atoms with Crippen molar-refractivity contribution >= 4 is 5.91 Å². The van der Waals surface area contributed by atoms with Crippen LogP contribution in [0.3, 0.4) is 0 Å². The van der Waals surface area contributed by atoms with Crippen molar-refractivity contribution < 1.29 is 4.79 Å². The van der Waals surface area contributed by atoms with E-state index in [1.165, 1.54) is 51.4 Å². The molecule has 0 aromatic rings. The molecule has 4 atom stereocenters. The van der Waals surface area contributed by atoms with Gasteiger partial charge in [-0.1, -0.05) is 25.7 Å². The minimum absolute atomic E-state index is 0.302. The molecule has 1 saturated heterocycles. The summed E-state index contributed by atoms with van der Waals surface area (Å²) in [5.74, 6) is 2.30. The van der Waals surface area contributed by atoms with E-state index in [1.54, 1.807) is 0 Å². The average Bonchev–Trinajstić information content (AvgIpc) is 2.54. The maximum Gasteiger partial charge on any atom is 0.225 e. The highest BCUT2D eigenvalue weighted by Gasteiger charge is 2.38. The van der Waals surface area contributed by atoms with Crippen molar-refractivity contribution in [3.8, 4) is 0 Å². The van der Waals surface area contributed by atoms with E-state index < -0.39 is 0 Å². The Morgan fingerprint density at radius 1 is 1.00 bits per heavy atom. The standard InChI is InChI=1S/C18H32N2O/c19-11-10-14-5-3-7-16(13-14)18(21)20-12-4-8-15-6-1-2-9-17(15)20/h14-17H,1-13,19H2/t14?,15-,16?,17-/m1/s1. The van der Waals surface area contributed by atoms with Gasteiger partial charge in [0.2, 0.25) is 5.91 Å². The van der Waals surface area contributed by atoms with Gasteiger partial charge < -0.3 is 10.6 Å². The Bertz CT molecular complexity index is 353. The third-order valence-electron chi connectivity index (χ3n) is 6.23. The second kappa shape index (κ2) is 7.13. The van der Waals surface area contributed by atoms with Gasteiger partial charge in [-0.15, -0.1) is 0 Å². The summed E-state index contributed by atoms with van der Waals surface area (Å²) in [4.78, 5) is 15.4. The zero-order valence-corrected chi connectivity index (χ0v) is 13.4. The van der Waals surface area contributed by atoms with Gasteiger partial charge >= 0.3 is 0 Å². The Balaban J connectivity index is 1.63. The summed E-state index contributed by atoms with van der Waals surface area (Å²) in [7, 11) is 0. The van der Waals surface area contributed by atoms with Crippen molar-refractivity contribution in [1.29, 1.82) is 0 Å². The quantitative estimate of drug-likeness (QED) is 0.867. The van der Waals surface area contributed by atoms with Gasteiger partial charge in [-0.2, -0.15) is 0 Å². The number of likely N-dealkylation sites (tertiary alicyclic amines) is 1. The van der Waals surface area contributed by atoms with Crippen LogP contribution in [-0.2, 0) is 4.79 Å². The highest BCUT2D eigenvalue weighted by atomic mass is 16.2. The van der Waals surface area contributed by atoms with Gasteiger partial charge in [0.15, 0.2) is 0 Å². The molecule has 0 spiro atoms. The molecule has 0 aromatic heterocycles. The number of rotatable bonds is 3. The highest BCUT2D eigenvalue weighted by molar-refractivity contribution is 5.79. The van der Waals surface area contributed by atoms with Crippen LogP contribution in [0, 0.1) is 17.8 Å². The average molecular weight is 292 g/mol. The minimum Gasteiger partial charge on any atom is -0.339 e. The Labute approximate surface area is 129 Å².